The molecule has 2 aromatic carbocycles. The van der Waals surface area contributed by atoms with Crippen LogP contribution in [0.15, 0.2) is 54.9 Å². The third kappa shape index (κ3) is 4.76. The second-order valence-corrected chi connectivity index (χ2v) is 6.38. The Balaban J connectivity index is 1.67. The first kappa shape index (κ1) is 18.3. The first-order chi connectivity index (χ1) is 12.9. The monoisotopic (exact) mass is 360 g/mol. The number of nitrogens with one attached hydrogen (secondary N) is 2. The van der Waals surface area contributed by atoms with Crippen molar-refractivity contribution in [3.63, 3.8) is 0 Å². The maximum Gasteiger partial charge on any atom is 0.275 e. The van der Waals surface area contributed by atoms with Gasteiger partial charge in [0.25, 0.3) is 5.91 Å². The van der Waals surface area contributed by atoms with Crippen molar-refractivity contribution in [2.24, 2.45) is 0 Å². The molecule has 2 N–H and O–H groups in total. The highest BCUT2D eigenvalue weighted by atomic mass is 16.2. The van der Waals surface area contributed by atoms with E-state index in [1.807, 2.05) is 26.0 Å². The highest BCUT2D eigenvalue weighted by Gasteiger charge is 2.09. The molecule has 3 aromatic rings. The minimum absolute atomic E-state index is 0.0226. The van der Waals surface area contributed by atoms with E-state index in [9.17, 15) is 9.59 Å². The molecule has 0 saturated carbocycles. The predicted octanol–water partition coefficient (Wildman–Crippen LogP) is 4.29. The van der Waals surface area contributed by atoms with E-state index in [4.69, 9.17) is 0 Å². The smallest absolute Gasteiger partial charge is 0.275 e. The molecule has 0 aliphatic carbocycles. The number of benzene rings is 2. The Hall–Kier alpha value is -3.54. The third-order valence-corrected chi connectivity index (χ3v) is 3.93. The van der Waals surface area contributed by atoms with Gasteiger partial charge in [-0.2, -0.15) is 0 Å². The Morgan fingerprint density at radius 3 is 2.07 bits per heavy atom. The number of Topliss-reactive ketones (excluding diaryl/α,β-unsaturated/α-hetero) is 1. The first-order valence-corrected chi connectivity index (χ1v) is 8.50. The van der Waals surface area contributed by atoms with Gasteiger partial charge in [-0.1, -0.05) is 6.07 Å². The van der Waals surface area contributed by atoms with Crippen LogP contribution >= 0.6 is 0 Å². The van der Waals surface area contributed by atoms with E-state index in [2.05, 4.69) is 26.7 Å². The zero-order valence-electron chi connectivity index (χ0n) is 15.4. The average molecular weight is 360 g/mol. The lowest BCUT2D eigenvalue weighted by Crippen LogP contribution is -2.14. The van der Waals surface area contributed by atoms with Crippen LogP contribution in [0.4, 0.5) is 17.2 Å². The fourth-order valence-corrected chi connectivity index (χ4v) is 2.69. The molecule has 0 aliphatic heterocycles. The SMILES string of the molecule is CC(=O)c1ccc(NC(=O)c2cnc(Nc3cc(C)cc(C)c3)cn2)cc1. The van der Waals surface area contributed by atoms with Gasteiger partial charge < -0.3 is 10.6 Å². The van der Waals surface area contributed by atoms with E-state index in [1.54, 1.807) is 24.3 Å². The quantitative estimate of drug-likeness (QED) is 0.663. The molecule has 27 heavy (non-hydrogen) atoms. The number of aryl methyl sites for hydroxylation is 2. The van der Waals surface area contributed by atoms with Crippen LogP contribution in [0.25, 0.3) is 0 Å². The highest BCUT2D eigenvalue weighted by Crippen LogP contribution is 2.18. The predicted molar refractivity (Wildman–Crippen MR) is 106 cm³/mol. The lowest BCUT2D eigenvalue weighted by molar-refractivity contribution is 0.101. The minimum atomic E-state index is -0.365. The Labute approximate surface area is 157 Å². The molecule has 136 valence electrons. The second-order valence-electron chi connectivity index (χ2n) is 6.38. The normalized spacial score (nSPS) is 10.3. The van der Waals surface area contributed by atoms with Gasteiger partial charge in [0, 0.05) is 16.9 Å². The number of anilines is 3. The van der Waals surface area contributed by atoms with E-state index in [0.717, 1.165) is 16.8 Å². The van der Waals surface area contributed by atoms with E-state index >= 15 is 0 Å². The number of amides is 1. The van der Waals surface area contributed by atoms with E-state index < -0.39 is 0 Å². The van der Waals surface area contributed by atoms with Crippen LogP contribution in [0.2, 0.25) is 0 Å². The fraction of sp³-hybridized carbons (Fsp3) is 0.143. The zero-order valence-corrected chi connectivity index (χ0v) is 15.4. The molecular formula is C21H20N4O2. The molecular weight excluding hydrogens is 340 g/mol. The van der Waals surface area contributed by atoms with Crippen molar-refractivity contribution in [2.45, 2.75) is 20.8 Å². The lowest BCUT2D eigenvalue weighted by atomic mass is 10.1. The summed E-state index contributed by atoms with van der Waals surface area (Å²) in [5.74, 6) is 0.170. The van der Waals surface area contributed by atoms with Crippen LogP contribution in [-0.4, -0.2) is 21.7 Å². The van der Waals surface area contributed by atoms with Crippen LogP contribution in [0.3, 0.4) is 0 Å². The molecule has 0 saturated heterocycles. The third-order valence-electron chi connectivity index (χ3n) is 3.93. The summed E-state index contributed by atoms with van der Waals surface area (Å²) in [6.45, 7) is 5.55. The highest BCUT2D eigenvalue weighted by molar-refractivity contribution is 6.03. The fourth-order valence-electron chi connectivity index (χ4n) is 2.69. The van der Waals surface area contributed by atoms with Gasteiger partial charge in [-0.05, 0) is 68.3 Å². The molecule has 0 aliphatic rings. The summed E-state index contributed by atoms with van der Waals surface area (Å²) in [5.41, 5.74) is 4.61. The van der Waals surface area contributed by atoms with E-state index in [0.29, 0.717) is 17.1 Å². The maximum atomic E-state index is 12.3. The lowest BCUT2D eigenvalue weighted by Gasteiger charge is -2.09. The summed E-state index contributed by atoms with van der Waals surface area (Å²) < 4.78 is 0. The van der Waals surface area contributed by atoms with E-state index in [1.165, 1.54) is 19.3 Å². The summed E-state index contributed by atoms with van der Waals surface area (Å²) in [7, 11) is 0. The summed E-state index contributed by atoms with van der Waals surface area (Å²) in [6.07, 6.45) is 2.94. The van der Waals surface area contributed by atoms with Crippen molar-refractivity contribution >= 4 is 28.9 Å². The number of carbonyl (C=O) groups excluding carboxylic acids is 2. The molecule has 0 spiro atoms. The molecule has 0 fully saturated rings. The van der Waals surface area contributed by atoms with Gasteiger partial charge in [0.1, 0.15) is 11.5 Å². The number of carbonyl (C=O) groups is 2. The Kier molecular flexibility index (Phi) is 5.26. The molecule has 0 unspecified atom stereocenters. The Morgan fingerprint density at radius 1 is 0.852 bits per heavy atom. The molecule has 1 amide bonds. The van der Waals surface area contributed by atoms with Crippen molar-refractivity contribution in [3.05, 3.63) is 77.2 Å². The van der Waals surface area contributed by atoms with Crippen molar-refractivity contribution in [3.8, 4) is 0 Å². The molecule has 3 rings (SSSR count). The summed E-state index contributed by atoms with van der Waals surface area (Å²) in [5, 5.41) is 5.92. The number of nitrogens with zero attached hydrogens (tertiary/aromatic N) is 2. The summed E-state index contributed by atoms with van der Waals surface area (Å²) in [6, 6.07) is 12.8. The van der Waals surface area contributed by atoms with Crippen LogP contribution in [0.5, 0.6) is 0 Å². The van der Waals surface area contributed by atoms with Gasteiger partial charge in [0.05, 0.1) is 12.4 Å². The standard InChI is InChI=1S/C21H20N4O2/c1-13-8-14(2)10-18(9-13)24-20-12-22-19(11-23-20)21(27)25-17-6-4-16(5-7-17)15(3)26/h4-12H,1-3H3,(H,23,24)(H,25,27). The van der Waals surface area contributed by atoms with Crippen LogP contribution in [-0.2, 0) is 0 Å². The number of hydrogen-bond acceptors (Lipinski definition) is 5. The molecule has 0 atom stereocenters. The van der Waals surface area contributed by atoms with E-state index in [-0.39, 0.29) is 17.4 Å². The van der Waals surface area contributed by atoms with Crippen molar-refractivity contribution in [2.75, 3.05) is 10.6 Å². The van der Waals surface area contributed by atoms with Crippen LogP contribution < -0.4 is 10.6 Å². The molecule has 6 nitrogen and oxygen atoms in total. The van der Waals surface area contributed by atoms with Gasteiger partial charge in [0.2, 0.25) is 0 Å². The first-order valence-electron chi connectivity index (χ1n) is 8.50. The minimum Gasteiger partial charge on any atom is -0.339 e. The zero-order chi connectivity index (χ0) is 19.4. The maximum absolute atomic E-state index is 12.3. The topological polar surface area (TPSA) is 84.0 Å². The van der Waals surface area contributed by atoms with Crippen molar-refractivity contribution < 1.29 is 9.59 Å². The summed E-state index contributed by atoms with van der Waals surface area (Å²) >= 11 is 0. The molecule has 6 heteroatoms. The molecule has 1 aromatic heterocycles. The van der Waals surface area contributed by atoms with Gasteiger partial charge in [-0.25, -0.2) is 9.97 Å². The van der Waals surface area contributed by atoms with Gasteiger partial charge in [0.15, 0.2) is 5.78 Å². The largest absolute Gasteiger partial charge is 0.339 e. The van der Waals surface area contributed by atoms with Crippen molar-refractivity contribution in [1.82, 2.24) is 9.97 Å². The number of hydrogen-bond donors (Lipinski definition) is 2. The molecule has 0 radical (unpaired) electrons. The Morgan fingerprint density at radius 2 is 1.52 bits per heavy atom. The molecule has 0 bridgehead atoms. The van der Waals surface area contributed by atoms with Crippen LogP contribution in [0.1, 0.15) is 38.9 Å². The molecule has 1 heterocycles. The van der Waals surface area contributed by atoms with Crippen LogP contribution in [0, 0.1) is 13.8 Å². The van der Waals surface area contributed by atoms with Crippen molar-refractivity contribution in [1.29, 1.82) is 0 Å². The Bertz CT molecular complexity index is 960. The summed E-state index contributed by atoms with van der Waals surface area (Å²) in [4.78, 5) is 32.0. The van der Waals surface area contributed by atoms with Gasteiger partial charge >= 0.3 is 0 Å². The number of rotatable bonds is 5. The number of ketones is 1. The average Bonchev–Trinajstić information content (AvgIpc) is 2.62. The number of aromatic nitrogens is 2. The second kappa shape index (κ2) is 7.78. The van der Waals surface area contributed by atoms with Gasteiger partial charge in [-0.3, -0.25) is 9.59 Å². The van der Waals surface area contributed by atoms with Gasteiger partial charge in [-0.15, -0.1) is 0 Å².